The Morgan fingerprint density at radius 3 is 2.62 bits per heavy atom. The van der Waals surface area contributed by atoms with Gasteiger partial charge in [0, 0.05) is 37.2 Å². The molecule has 1 aliphatic heterocycles. The number of ether oxygens (including phenoxy) is 2. The minimum absolute atomic E-state index is 0.0553. The molecule has 2 aromatic rings. The van der Waals surface area contributed by atoms with Crippen LogP contribution in [0.25, 0.3) is 11.3 Å². The van der Waals surface area contributed by atoms with Gasteiger partial charge in [-0.3, -0.25) is 9.78 Å². The molecule has 0 bridgehead atoms. The van der Waals surface area contributed by atoms with E-state index in [9.17, 15) is 9.18 Å². The van der Waals surface area contributed by atoms with Crippen molar-refractivity contribution in [2.45, 2.75) is 33.1 Å². The van der Waals surface area contributed by atoms with E-state index in [2.05, 4.69) is 40.8 Å². The molecular weight excluding hydrogens is 437 g/mol. The highest BCUT2D eigenvalue weighted by Crippen LogP contribution is 2.32. The molecule has 0 radical (unpaired) electrons. The van der Waals surface area contributed by atoms with Crippen molar-refractivity contribution in [1.29, 1.82) is 0 Å². The number of anilines is 1. The van der Waals surface area contributed by atoms with E-state index in [0.29, 0.717) is 22.7 Å². The van der Waals surface area contributed by atoms with E-state index in [1.54, 1.807) is 18.3 Å². The molecule has 1 aromatic heterocycles. The number of aryl methyl sites for hydroxylation is 2. The van der Waals surface area contributed by atoms with E-state index in [-0.39, 0.29) is 25.1 Å². The van der Waals surface area contributed by atoms with Gasteiger partial charge >= 0.3 is 5.97 Å². The van der Waals surface area contributed by atoms with Crippen molar-refractivity contribution in [3.8, 4) is 17.1 Å². The van der Waals surface area contributed by atoms with Gasteiger partial charge in [-0.15, -0.1) is 0 Å². The molecule has 4 rings (SSSR count). The normalized spacial score (nSPS) is 17.4. The first kappa shape index (κ1) is 23.6. The topological polar surface area (TPSA) is 84.8 Å². The Hall–Kier alpha value is -3.52. The number of halogens is 1. The highest BCUT2D eigenvalue weighted by atomic mass is 19.1. The van der Waals surface area contributed by atoms with Gasteiger partial charge in [-0.2, -0.15) is 0 Å². The average molecular weight is 466 g/mol. The summed E-state index contributed by atoms with van der Waals surface area (Å²) < 4.78 is 25.5. The zero-order chi connectivity index (χ0) is 24.1. The van der Waals surface area contributed by atoms with Crippen LogP contribution in [0.1, 0.15) is 30.4 Å². The lowest BCUT2D eigenvalue weighted by molar-refractivity contribution is -0.136. The highest BCUT2D eigenvalue weighted by Gasteiger charge is 2.16. The fourth-order valence-electron chi connectivity index (χ4n) is 4.20. The SMILES string of the molecule is Cc1cc(N2CCOCC2)cc(C)c1-c1cncc(OC=C2C=CC(CCC(=O)O)=C(F)C2)n1. The minimum atomic E-state index is -0.946. The standard InChI is InChI=1S/C26H28FN3O4/c1-17-11-21(30-7-9-33-10-8-30)12-18(2)26(17)23-14-28-15-24(29-23)34-16-19-3-4-20(22(27)13-19)5-6-25(31)32/h3-4,11-12,14-16H,5-10,13H2,1-2H3,(H,31,32). The van der Waals surface area contributed by atoms with Crippen molar-refractivity contribution in [2.75, 3.05) is 31.2 Å². The third-order valence-electron chi connectivity index (χ3n) is 5.91. The molecular formula is C26H28FN3O4. The van der Waals surface area contributed by atoms with Gasteiger partial charge in [-0.1, -0.05) is 12.2 Å². The highest BCUT2D eigenvalue weighted by molar-refractivity contribution is 5.71. The maximum absolute atomic E-state index is 14.3. The maximum atomic E-state index is 14.3. The summed E-state index contributed by atoms with van der Waals surface area (Å²) in [7, 11) is 0. The Morgan fingerprint density at radius 1 is 1.21 bits per heavy atom. The molecule has 1 aliphatic carbocycles. The smallest absolute Gasteiger partial charge is 0.303 e. The lowest BCUT2D eigenvalue weighted by Crippen LogP contribution is -2.36. The molecule has 2 heterocycles. The molecule has 34 heavy (non-hydrogen) atoms. The molecule has 0 saturated carbocycles. The third-order valence-corrected chi connectivity index (χ3v) is 5.91. The molecule has 8 heteroatoms. The Bertz CT molecular complexity index is 1140. The summed E-state index contributed by atoms with van der Waals surface area (Å²) in [5.74, 6) is -0.974. The Balaban J connectivity index is 1.48. The molecule has 1 saturated heterocycles. The van der Waals surface area contributed by atoms with Crippen LogP contribution in [0, 0.1) is 13.8 Å². The molecule has 0 spiro atoms. The van der Waals surface area contributed by atoms with Gasteiger partial charge in [0.25, 0.3) is 0 Å². The third kappa shape index (κ3) is 5.69. The molecule has 1 N–H and O–H groups in total. The van der Waals surface area contributed by atoms with Gasteiger partial charge in [0.15, 0.2) is 0 Å². The van der Waals surface area contributed by atoms with Crippen LogP contribution >= 0.6 is 0 Å². The number of aromatic nitrogens is 2. The van der Waals surface area contributed by atoms with Crippen molar-refractivity contribution in [3.05, 3.63) is 71.0 Å². The molecule has 0 unspecified atom stereocenters. The van der Waals surface area contributed by atoms with E-state index in [1.807, 2.05) is 0 Å². The number of nitrogens with zero attached hydrogens (tertiary/aromatic N) is 3. The van der Waals surface area contributed by atoms with Crippen LogP contribution in [0.3, 0.4) is 0 Å². The minimum Gasteiger partial charge on any atom is -0.481 e. The molecule has 2 aliphatic rings. The summed E-state index contributed by atoms with van der Waals surface area (Å²) in [5, 5.41) is 8.78. The van der Waals surface area contributed by atoms with Crippen molar-refractivity contribution in [1.82, 2.24) is 9.97 Å². The Kier molecular flexibility index (Phi) is 7.37. The van der Waals surface area contributed by atoms with Gasteiger partial charge in [0.1, 0.15) is 5.83 Å². The number of allylic oxidation sites excluding steroid dienone is 5. The first-order valence-electron chi connectivity index (χ1n) is 11.3. The number of carboxylic acid groups (broad SMARTS) is 1. The summed E-state index contributed by atoms with van der Waals surface area (Å²) in [6.45, 7) is 7.35. The van der Waals surface area contributed by atoms with Gasteiger partial charge in [0.05, 0.1) is 37.6 Å². The van der Waals surface area contributed by atoms with E-state index < -0.39 is 5.97 Å². The van der Waals surface area contributed by atoms with Gasteiger partial charge in [-0.05, 0) is 54.7 Å². The average Bonchev–Trinajstić information content (AvgIpc) is 2.82. The quantitative estimate of drug-likeness (QED) is 0.582. The molecule has 7 nitrogen and oxygen atoms in total. The Morgan fingerprint density at radius 2 is 1.94 bits per heavy atom. The van der Waals surface area contributed by atoms with Crippen molar-refractivity contribution in [2.24, 2.45) is 0 Å². The first-order chi connectivity index (χ1) is 16.4. The predicted molar refractivity (Wildman–Crippen MR) is 127 cm³/mol. The van der Waals surface area contributed by atoms with E-state index in [1.165, 1.54) is 18.1 Å². The number of hydrogen-bond donors (Lipinski definition) is 1. The van der Waals surface area contributed by atoms with Crippen LogP contribution in [0.4, 0.5) is 10.1 Å². The first-order valence-corrected chi connectivity index (χ1v) is 11.3. The largest absolute Gasteiger partial charge is 0.481 e. The van der Waals surface area contributed by atoms with Crippen molar-refractivity contribution < 1.29 is 23.8 Å². The number of carbonyl (C=O) groups is 1. The summed E-state index contributed by atoms with van der Waals surface area (Å²) >= 11 is 0. The molecule has 0 atom stereocenters. The van der Waals surface area contributed by atoms with Gasteiger partial charge < -0.3 is 19.5 Å². The van der Waals surface area contributed by atoms with Crippen LogP contribution in [0.15, 0.2) is 59.9 Å². The number of hydrogen-bond acceptors (Lipinski definition) is 6. The van der Waals surface area contributed by atoms with E-state index in [4.69, 9.17) is 14.6 Å². The fourth-order valence-corrected chi connectivity index (χ4v) is 4.20. The van der Waals surface area contributed by atoms with Crippen LogP contribution in [0.5, 0.6) is 5.88 Å². The fraction of sp³-hybridized carbons (Fsp3) is 0.346. The second kappa shape index (κ2) is 10.6. The van der Waals surface area contributed by atoms with Crippen LogP contribution in [0.2, 0.25) is 0 Å². The summed E-state index contributed by atoms with van der Waals surface area (Å²) in [6.07, 6.45) is 8.14. The van der Waals surface area contributed by atoms with E-state index >= 15 is 0 Å². The number of rotatable bonds is 7. The molecule has 1 fully saturated rings. The second-order valence-electron chi connectivity index (χ2n) is 8.44. The summed E-state index contributed by atoms with van der Waals surface area (Å²) in [6, 6.07) is 4.32. The summed E-state index contributed by atoms with van der Waals surface area (Å²) in [4.78, 5) is 21.9. The zero-order valence-electron chi connectivity index (χ0n) is 19.4. The second-order valence-corrected chi connectivity index (χ2v) is 8.44. The molecule has 0 amide bonds. The zero-order valence-corrected chi connectivity index (χ0v) is 19.4. The summed E-state index contributed by atoms with van der Waals surface area (Å²) in [5.41, 5.74) is 6.14. The van der Waals surface area contributed by atoms with Crippen LogP contribution < -0.4 is 9.64 Å². The van der Waals surface area contributed by atoms with Crippen molar-refractivity contribution >= 4 is 11.7 Å². The lowest BCUT2D eigenvalue weighted by atomic mass is 9.98. The molecule has 178 valence electrons. The number of benzene rings is 1. The maximum Gasteiger partial charge on any atom is 0.303 e. The van der Waals surface area contributed by atoms with E-state index in [0.717, 1.165) is 43.0 Å². The number of aliphatic carboxylic acids is 1. The molecule has 1 aromatic carbocycles. The van der Waals surface area contributed by atoms with Crippen molar-refractivity contribution in [3.63, 3.8) is 0 Å². The Labute approximate surface area is 198 Å². The number of morpholine rings is 1. The van der Waals surface area contributed by atoms with Crippen LogP contribution in [-0.2, 0) is 9.53 Å². The lowest BCUT2D eigenvalue weighted by Gasteiger charge is -2.30. The van der Waals surface area contributed by atoms with Gasteiger partial charge in [-0.25, -0.2) is 9.37 Å². The number of carboxylic acids is 1. The monoisotopic (exact) mass is 465 g/mol. The van der Waals surface area contributed by atoms with Crippen LogP contribution in [-0.4, -0.2) is 47.3 Å². The predicted octanol–water partition coefficient (Wildman–Crippen LogP) is 4.91. The van der Waals surface area contributed by atoms with Gasteiger partial charge in [0.2, 0.25) is 5.88 Å².